The van der Waals surface area contributed by atoms with Gasteiger partial charge in [-0.05, 0) is 12.5 Å². The molecule has 16 heavy (non-hydrogen) atoms. The molecule has 0 radical (unpaired) electrons. The number of hydrogen-bond donors (Lipinski definition) is 3. The first-order valence-corrected chi connectivity index (χ1v) is 5.40. The molecule has 1 atom stereocenters. The van der Waals surface area contributed by atoms with Gasteiger partial charge in [-0.25, -0.2) is 4.99 Å². The van der Waals surface area contributed by atoms with Gasteiger partial charge in [0.15, 0.2) is 6.29 Å². The molecule has 1 aliphatic rings. The molecule has 1 unspecified atom stereocenters. The topological polar surface area (TPSA) is 62.4 Å². The van der Waals surface area contributed by atoms with Gasteiger partial charge in [0.05, 0.1) is 5.71 Å². The predicted molar refractivity (Wildman–Crippen MR) is 65.8 cm³/mol. The molecule has 84 valence electrons. The maximum absolute atomic E-state index is 5.80. The third-order valence-electron chi connectivity index (χ3n) is 2.30. The number of nitrogens with zero attached hydrogens (tertiary/aromatic N) is 1. The number of benzene rings is 1. The van der Waals surface area contributed by atoms with Crippen LogP contribution < -0.4 is 16.4 Å². The zero-order chi connectivity index (χ0) is 11.4. The normalized spacial score (nSPS) is 19.5. The van der Waals surface area contributed by atoms with Crippen LogP contribution in [0.25, 0.3) is 0 Å². The quantitative estimate of drug-likeness (QED) is 0.699. The lowest BCUT2D eigenvalue weighted by atomic mass is 10.1. The Bertz CT molecular complexity index is 408. The summed E-state index contributed by atoms with van der Waals surface area (Å²) in [4.78, 5) is 4.35. The Balaban J connectivity index is 2.27. The molecule has 4 N–H and O–H groups in total. The first kappa shape index (κ1) is 10.7. The van der Waals surface area contributed by atoms with E-state index in [1.165, 1.54) is 0 Å². The molecule has 0 bridgehead atoms. The minimum Gasteiger partial charge on any atom is -0.372 e. The summed E-state index contributed by atoms with van der Waals surface area (Å²) in [5.41, 5.74) is 7.79. The van der Waals surface area contributed by atoms with Crippen LogP contribution in [-0.4, -0.2) is 18.5 Å². The summed E-state index contributed by atoms with van der Waals surface area (Å²) in [5, 5.41) is 6.26. The molecule has 0 spiro atoms. The molecule has 1 aliphatic heterocycles. The highest BCUT2D eigenvalue weighted by Crippen LogP contribution is 2.07. The van der Waals surface area contributed by atoms with Crippen LogP contribution in [0.3, 0.4) is 0 Å². The molecule has 1 heterocycles. The highest BCUT2D eigenvalue weighted by atomic mass is 15.3. The van der Waals surface area contributed by atoms with E-state index >= 15 is 0 Å². The monoisotopic (exact) mass is 216 g/mol. The van der Waals surface area contributed by atoms with E-state index in [1.807, 2.05) is 43.3 Å². The first-order chi connectivity index (χ1) is 7.79. The molecule has 4 heteroatoms. The van der Waals surface area contributed by atoms with Gasteiger partial charge < -0.3 is 10.6 Å². The van der Waals surface area contributed by atoms with Crippen LogP contribution in [0, 0.1) is 0 Å². The number of allylic oxidation sites excluding steroid dienone is 1. The van der Waals surface area contributed by atoms with Gasteiger partial charge in [-0.1, -0.05) is 30.3 Å². The molecule has 1 aromatic rings. The Hall–Kier alpha value is -1.81. The van der Waals surface area contributed by atoms with E-state index in [2.05, 4.69) is 15.6 Å². The van der Waals surface area contributed by atoms with E-state index in [0.29, 0.717) is 0 Å². The van der Waals surface area contributed by atoms with Crippen LogP contribution in [0.1, 0.15) is 12.5 Å². The van der Waals surface area contributed by atoms with Crippen molar-refractivity contribution >= 4 is 5.71 Å². The van der Waals surface area contributed by atoms with Crippen molar-refractivity contribution in [2.75, 3.05) is 6.54 Å². The molecular weight excluding hydrogens is 200 g/mol. The maximum Gasteiger partial charge on any atom is 0.173 e. The predicted octanol–water partition coefficient (Wildman–Crippen LogP) is 0.772. The molecule has 0 saturated heterocycles. The molecule has 0 aliphatic carbocycles. The molecule has 1 aromatic carbocycles. The van der Waals surface area contributed by atoms with Crippen LogP contribution in [0.5, 0.6) is 0 Å². The zero-order valence-electron chi connectivity index (χ0n) is 9.27. The van der Waals surface area contributed by atoms with Crippen molar-refractivity contribution in [1.29, 1.82) is 0 Å². The van der Waals surface area contributed by atoms with Gasteiger partial charge in [-0.3, -0.25) is 5.73 Å². The minimum atomic E-state index is -0.380. The molecule has 0 aromatic heterocycles. The van der Waals surface area contributed by atoms with Crippen molar-refractivity contribution in [2.45, 2.75) is 13.2 Å². The average Bonchev–Trinajstić information content (AvgIpc) is 2.30. The second-order valence-electron chi connectivity index (χ2n) is 3.56. The fourth-order valence-corrected chi connectivity index (χ4v) is 1.62. The Morgan fingerprint density at radius 1 is 1.38 bits per heavy atom. The van der Waals surface area contributed by atoms with Gasteiger partial charge >= 0.3 is 0 Å². The molecular formula is C12H16N4. The van der Waals surface area contributed by atoms with E-state index < -0.39 is 0 Å². The third kappa shape index (κ3) is 2.41. The Morgan fingerprint density at radius 3 is 2.81 bits per heavy atom. The SMILES string of the molecule is CCNC1=CC(c2ccccc2)=NC(N)N1. The number of rotatable bonds is 3. The molecule has 0 saturated carbocycles. The summed E-state index contributed by atoms with van der Waals surface area (Å²) < 4.78 is 0. The first-order valence-electron chi connectivity index (χ1n) is 5.40. The van der Waals surface area contributed by atoms with Crippen LogP contribution in [-0.2, 0) is 0 Å². The van der Waals surface area contributed by atoms with Gasteiger partial charge in [-0.15, -0.1) is 0 Å². The number of hydrogen-bond acceptors (Lipinski definition) is 4. The van der Waals surface area contributed by atoms with Crippen molar-refractivity contribution in [3.05, 3.63) is 47.8 Å². The second kappa shape index (κ2) is 4.81. The van der Waals surface area contributed by atoms with Crippen molar-refractivity contribution in [2.24, 2.45) is 10.7 Å². The van der Waals surface area contributed by atoms with Crippen LogP contribution >= 0.6 is 0 Å². The largest absolute Gasteiger partial charge is 0.372 e. The smallest absolute Gasteiger partial charge is 0.173 e. The van der Waals surface area contributed by atoms with E-state index in [1.54, 1.807) is 0 Å². The van der Waals surface area contributed by atoms with Crippen molar-refractivity contribution in [1.82, 2.24) is 10.6 Å². The highest BCUT2D eigenvalue weighted by Gasteiger charge is 2.12. The summed E-state index contributed by atoms with van der Waals surface area (Å²) in [6, 6.07) is 10.0. The maximum atomic E-state index is 5.80. The lowest BCUT2D eigenvalue weighted by Gasteiger charge is -2.21. The summed E-state index contributed by atoms with van der Waals surface area (Å²) in [6.45, 7) is 2.90. The van der Waals surface area contributed by atoms with Gasteiger partial charge in [0.2, 0.25) is 0 Å². The van der Waals surface area contributed by atoms with E-state index in [4.69, 9.17) is 5.73 Å². The zero-order valence-corrected chi connectivity index (χ0v) is 9.27. The summed E-state index contributed by atoms with van der Waals surface area (Å²) in [7, 11) is 0. The lowest BCUT2D eigenvalue weighted by Crippen LogP contribution is -2.43. The summed E-state index contributed by atoms with van der Waals surface area (Å²) >= 11 is 0. The standard InChI is InChI=1S/C12H16N4/c1-2-14-11-8-10(15-12(13)16-11)9-6-4-3-5-7-9/h3-8,12,14,16H,2,13H2,1H3. The van der Waals surface area contributed by atoms with Crippen molar-refractivity contribution in [3.63, 3.8) is 0 Å². The Kier molecular flexibility index (Phi) is 3.22. The number of nitrogens with two attached hydrogens (primary N) is 1. The van der Waals surface area contributed by atoms with E-state index in [9.17, 15) is 0 Å². The van der Waals surface area contributed by atoms with Crippen LogP contribution in [0.2, 0.25) is 0 Å². The van der Waals surface area contributed by atoms with Crippen molar-refractivity contribution in [3.8, 4) is 0 Å². The van der Waals surface area contributed by atoms with E-state index in [0.717, 1.165) is 23.6 Å². The van der Waals surface area contributed by atoms with Gasteiger partial charge in [-0.2, -0.15) is 0 Å². The molecule has 2 rings (SSSR count). The summed E-state index contributed by atoms with van der Waals surface area (Å²) in [5.74, 6) is 0.920. The number of aliphatic imine (C=N–C) groups is 1. The lowest BCUT2D eigenvalue weighted by molar-refractivity contribution is 0.569. The summed E-state index contributed by atoms with van der Waals surface area (Å²) in [6.07, 6.45) is 1.59. The van der Waals surface area contributed by atoms with Crippen LogP contribution in [0.4, 0.5) is 0 Å². The Morgan fingerprint density at radius 2 is 2.12 bits per heavy atom. The fourth-order valence-electron chi connectivity index (χ4n) is 1.62. The third-order valence-corrected chi connectivity index (χ3v) is 2.30. The molecule has 4 nitrogen and oxygen atoms in total. The minimum absolute atomic E-state index is 0.380. The fraction of sp³-hybridized carbons (Fsp3) is 0.250. The average molecular weight is 216 g/mol. The van der Waals surface area contributed by atoms with Gasteiger partial charge in [0.25, 0.3) is 0 Å². The van der Waals surface area contributed by atoms with Gasteiger partial charge in [0, 0.05) is 12.6 Å². The van der Waals surface area contributed by atoms with Crippen molar-refractivity contribution < 1.29 is 0 Å². The second-order valence-corrected chi connectivity index (χ2v) is 3.56. The van der Waals surface area contributed by atoms with Crippen LogP contribution in [0.15, 0.2) is 47.2 Å². The molecule has 0 amide bonds. The molecule has 0 fully saturated rings. The Labute approximate surface area is 95.3 Å². The number of nitrogens with one attached hydrogen (secondary N) is 2. The van der Waals surface area contributed by atoms with E-state index in [-0.39, 0.29) is 6.29 Å². The highest BCUT2D eigenvalue weighted by molar-refractivity contribution is 6.09. The van der Waals surface area contributed by atoms with Gasteiger partial charge in [0.1, 0.15) is 5.82 Å².